The van der Waals surface area contributed by atoms with E-state index < -0.39 is 0 Å². The third-order valence-corrected chi connectivity index (χ3v) is 3.69. The summed E-state index contributed by atoms with van der Waals surface area (Å²) >= 11 is 5.87. The number of nitrogens with zero attached hydrogens (tertiary/aromatic N) is 4. The molecule has 0 spiro atoms. The van der Waals surface area contributed by atoms with E-state index in [9.17, 15) is 4.79 Å². The van der Waals surface area contributed by atoms with Gasteiger partial charge < -0.3 is 9.80 Å². The van der Waals surface area contributed by atoms with Crippen LogP contribution in [0.4, 0.5) is 4.79 Å². The van der Waals surface area contributed by atoms with Crippen molar-refractivity contribution in [2.75, 3.05) is 20.6 Å². The van der Waals surface area contributed by atoms with E-state index in [4.69, 9.17) is 11.6 Å². The fraction of sp³-hybridized carbons (Fsp3) is 0.235. The SMILES string of the molecule is C=C/C=C(\C=C)[C@@H]1C=C(c2ccnc(Cl)n2)CN1C(=O)N(C)C. The number of rotatable bonds is 4. The molecular formula is C17H19ClN4O. The van der Waals surface area contributed by atoms with Crippen LogP contribution in [-0.2, 0) is 0 Å². The molecule has 0 saturated heterocycles. The van der Waals surface area contributed by atoms with Crippen LogP contribution in [0, 0.1) is 0 Å². The van der Waals surface area contributed by atoms with Gasteiger partial charge in [-0.2, -0.15) is 0 Å². The Labute approximate surface area is 141 Å². The summed E-state index contributed by atoms with van der Waals surface area (Å²) in [7, 11) is 3.45. The molecule has 0 aliphatic carbocycles. The molecule has 0 radical (unpaired) electrons. The van der Waals surface area contributed by atoms with Crippen LogP contribution in [0.1, 0.15) is 5.69 Å². The zero-order valence-corrected chi connectivity index (χ0v) is 14.0. The summed E-state index contributed by atoms with van der Waals surface area (Å²) in [6.45, 7) is 7.99. The van der Waals surface area contributed by atoms with Crippen molar-refractivity contribution in [3.63, 3.8) is 0 Å². The van der Waals surface area contributed by atoms with Crippen LogP contribution < -0.4 is 0 Å². The van der Waals surface area contributed by atoms with Crippen LogP contribution in [0.15, 0.2) is 55.3 Å². The number of aromatic nitrogens is 2. The van der Waals surface area contributed by atoms with Crippen molar-refractivity contribution >= 4 is 23.2 Å². The minimum atomic E-state index is -0.218. The molecule has 2 heterocycles. The second kappa shape index (κ2) is 7.24. The Bertz CT molecular complexity index is 694. The Morgan fingerprint density at radius 3 is 2.78 bits per heavy atom. The van der Waals surface area contributed by atoms with Gasteiger partial charge in [0.1, 0.15) is 0 Å². The first-order valence-electron chi connectivity index (χ1n) is 7.10. The molecule has 6 heteroatoms. The summed E-state index contributed by atoms with van der Waals surface area (Å²) in [6.07, 6.45) is 8.86. The predicted octanol–water partition coefficient (Wildman–Crippen LogP) is 3.18. The van der Waals surface area contributed by atoms with Crippen LogP contribution in [0.25, 0.3) is 5.57 Å². The lowest BCUT2D eigenvalue weighted by Gasteiger charge is -2.28. The lowest BCUT2D eigenvalue weighted by molar-refractivity contribution is 0.175. The summed E-state index contributed by atoms with van der Waals surface area (Å²) in [5.41, 5.74) is 2.53. The van der Waals surface area contributed by atoms with Gasteiger partial charge in [-0.15, -0.1) is 0 Å². The first-order valence-corrected chi connectivity index (χ1v) is 7.48. The van der Waals surface area contributed by atoms with Gasteiger partial charge in [-0.05, 0) is 28.8 Å². The average Bonchev–Trinajstić information content (AvgIpc) is 2.96. The van der Waals surface area contributed by atoms with Gasteiger partial charge in [0, 0.05) is 20.3 Å². The maximum Gasteiger partial charge on any atom is 0.320 e. The molecule has 1 aromatic rings. The molecule has 2 rings (SSSR count). The molecule has 0 fully saturated rings. The Morgan fingerprint density at radius 1 is 1.48 bits per heavy atom. The van der Waals surface area contributed by atoms with E-state index in [0.717, 1.165) is 11.1 Å². The van der Waals surface area contributed by atoms with E-state index in [2.05, 4.69) is 23.1 Å². The molecule has 1 aliphatic heterocycles. The smallest absolute Gasteiger partial charge is 0.320 e. The zero-order chi connectivity index (χ0) is 17.0. The maximum atomic E-state index is 12.5. The number of allylic oxidation sites excluding steroid dienone is 2. The molecule has 0 aromatic carbocycles. The lowest BCUT2D eigenvalue weighted by atomic mass is 10.1. The highest BCUT2D eigenvalue weighted by atomic mass is 35.5. The largest absolute Gasteiger partial charge is 0.331 e. The van der Waals surface area contributed by atoms with Crippen molar-refractivity contribution in [3.05, 3.63) is 66.3 Å². The third-order valence-electron chi connectivity index (χ3n) is 3.51. The second-order valence-corrected chi connectivity index (χ2v) is 5.60. The number of urea groups is 1. The van der Waals surface area contributed by atoms with Crippen molar-refractivity contribution in [1.29, 1.82) is 0 Å². The minimum Gasteiger partial charge on any atom is -0.331 e. The number of carbonyl (C=O) groups is 1. The highest BCUT2D eigenvalue weighted by Crippen LogP contribution is 2.29. The van der Waals surface area contributed by atoms with Crippen molar-refractivity contribution in [3.8, 4) is 0 Å². The Hall–Kier alpha value is -2.40. The van der Waals surface area contributed by atoms with E-state index in [-0.39, 0.29) is 17.4 Å². The Kier molecular flexibility index (Phi) is 5.34. The Balaban J connectivity index is 2.43. The monoisotopic (exact) mass is 330 g/mol. The highest BCUT2D eigenvalue weighted by Gasteiger charge is 2.32. The van der Waals surface area contributed by atoms with Gasteiger partial charge in [0.15, 0.2) is 0 Å². The molecule has 120 valence electrons. The van der Waals surface area contributed by atoms with Crippen molar-refractivity contribution in [2.45, 2.75) is 6.04 Å². The third kappa shape index (κ3) is 3.68. The summed E-state index contributed by atoms with van der Waals surface area (Å²) in [4.78, 5) is 23.9. The van der Waals surface area contributed by atoms with Crippen LogP contribution in [-0.4, -0.2) is 52.5 Å². The fourth-order valence-electron chi connectivity index (χ4n) is 2.44. The molecule has 0 bridgehead atoms. The lowest BCUT2D eigenvalue weighted by Crippen LogP contribution is -2.43. The summed E-state index contributed by atoms with van der Waals surface area (Å²) in [6, 6.07) is 1.48. The van der Waals surface area contributed by atoms with Gasteiger partial charge in [-0.25, -0.2) is 14.8 Å². The van der Waals surface area contributed by atoms with Crippen LogP contribution >= 0.6 is 11.6 Å². The summed E-state index contributed by atoms with van der Waals surface area (Å²) in [5, 5.41) is 0.183. The molecule has 1 aromatic heterocycles. The van der Waals surface area contributed by atoms with Crippen LogP contribution in [0.3, 0.4) is 0 Å². The molecule has 2 amide bonds. The summed E-state index contributed by atoms with van der Waals surface area (Å²) < 4.78 is 0. The number of halogens is 1. The highest BCUT2D eigenvalue weighted by molar-refractivity contribution is 6.28. The van der Waals surface area contributed by atoms with Crippen molar-refractivity contribution in [2.24, 2.45) is 0 Å². The summed E-state index contributed by atoms with van der Waals surface area (Å²) in [5.74, 6) is 0. The molecule has 0 N–H and O–H groups in total. The molecule has 0 saturated carbocycles. The van der Waals surface area contributed by atoms with E-state index in [1.807, 2.05) is 12.2 Å². The zero-order valence-electron chi connectivity index (χ0n) is 13.2. The van der Waals surface area contributed by atoms with Gasteiger partial charge in [-0.1, -0.05) is 37.5 Å². The van der Waals surface area contributed by atoms with Gasteiger partial charge in [-0.3, -0.25) is 0 Å². The van der Waals surface area contributed by atoms with Crippen LogP contribution in [0.2, 0.25) is 5.28 Å². The van der Waals surface area contributed by atoms with E-state index in [1.54, 1.807) is 48.3 Å². The standard InChI is InChI=1S/C17H19ClN4O/c1-5-7-12(6-2)15-10-13(11-22(15)17(23)21(3)4)14-8-9-19-16(18)20-14/h5-10,15H,1-2,11H2,3-4H3/b12-7+/t15-/m0/s1. The van der Waals surface area contributed by atoms with Gasteiger partial charge in [0.05, 0.1) is 18.3 Å². The molecule has 1 atom stereocenters. The number of hydrogen-bond acceptors (Lipinski definition) is 3. The quantitative estimate of drug-likeness (QED) is 0.629. The normalized spacial score (nSPS) is 17.7. The predicted molar refractivity (Wildman–Crippen MR) is 93.1 cm³/mol. The van der Waals surface area contributed by atoms with Crippen molar-refractivity contribution < 1.29 is 4.79 Å². The minimum absolute atomic E-state index is 0.0850. The first kappa shape index (κ1) is 17.0. The topological polar surface area (TPSA) is 49.3 Å². The molecule has 5 nitrogen and oxygen atoms in total. The van der Waals surface area contributed by atoms with E-state index in [0.29, 0.717) is 12.2 Å². The van der Waals surface area contributed by atoms with E-state index >= 15 is 0 Å². The molecular weight excluding hydrogens is 312 g/mol. The molecule has 0 unspecified atom stereocenters. The number of carbonyl (C=O) groups excluding carboxylic acids is 1. The fourth-order valence-corrected chi connectivity index (χ4v) is 2.59. The maximum absolute atomic E-state index is 12.5. The van der Waals surface area contributed by atoms with Gasteiger partial charge >= 0.3 is 6.03 Å². The molecule has 23 heavy (non-hydrogen) atoms. The van der Waals surface area contributed by atoms with Crippen molar-refractivity contribution in [1.82, 2.24) is 19.8 Å². The second-order valence-electron chi connectivity index (χ2n) is 5.26. The van der Waals surface area contributed by atoms with Crippen LogP contribution in [0.5, 0.6) is 0 Å². The first-order chi connectivity index (χ1) is 11.0. The van der Waals surface area contributed by atoms with Gasteiger partial charge in [0.25, 0.3) is 0 Å². The van der Waals surface area contributed by atoms with Gasteiger partial charge in [0.2, 0.25) is 5.28 Å². The van der Waals surface area contributed by atoms with E-state index in [1.165, 1.54) is 0 Å². The Morgan fingerprint density at radius 2 is 2.22 bits per heavy atom. The average molecular weight is 331 g/mol. The number of amides is 2. The number of hydrogen-bond donors (Lipinski definition) is 0. The molecule has 1 aliphatic rings.